The molecule has 0 bridgehead atoms. The molecule has 0 radical (unpaired) electrons. The zero-order valence-corrected chi connectivity index (χ0v) is 19.4. The second-order valence-electron chi connectivity index (χ2n) is 9.42. The molecule has 3 unspecified atom stereocenters. The maximum absolute atomic E-state index is 15.9. The van der Waals surface area contributed by atoms with Crippen LogP contribution in [0.1, 0.15) is 38.2 Å². The van der Waals surface area contributed by atoms with E-state index < -0.39 is 32.5 Å². The predicted octanol–water partition coefficient (Wildman–Crippen LogP) is 3.34. The lowest BCUT2D eigenvalue weighted by Crippen LogP contribution is -2.70. The average Bonchev–Trinajstić information content (AvgIpc) is 3.38. The molecule has 1 aromatic carbocycles. The van der Waals surface area contributed by atoms with E-state index in [1.54, 1.807) is 30.3 Å². The van der Waals surface area contributed by atoms with Gasteiger partial charge in [-0.15, -0.1) is 0 Å². The molecular formula is C24H31F2N2O3S+. The van der Waals surface area contributed by atoms with E-state index >= 15 is 8.78 Å². The van der Waals surface area contributed by atoms with Crippen molar-refractivity contribution in [2.45, 2.75) is 55.6 Å². The first-order valence-electron chi connectivity index (χ1n) is 11.3. The van der Waals surface area contributed by atoms with Crippen LogP contribution < -0.4 is 5.32 Å². The van der Waals surface area contributed by atoms with Gasteiger partial charge in [0.15, 0.2) is 16.0 Å². The molecular weight excluding hydrogens is 434 g/mol. The third-order valence-electron chi connectivity index (χ3n) is 7.50. The van der Waals surface area contributed by atoms with Crippen LogP contribution in [0.15, 0.2) is 48.3 Å². The van der Waals surface area contributed by atoms with Crippen LogP contribution in [0.2, 0.25) is 0 Å². The number of carbonyl (C=O) groups is 1. The van der Waals surface area contributed by atoms with Gasteiger partial charge >= 0.3 is 5.91 Å². The highest BCUT2D eigenvalue weighted by Gasteiger charge is 2.68. The molecule has 0 spiro atoms. The lowest BCUT2D eigenvalue weighted by Gasteiger charge is -2.44. The molecule has 2 heterocycles. The fourth-order valence-electron chi connectivity index (χ4n) is 5.70. The Labute approximate surface area is 188 Å². The number of benzene rings is 1. The highest BCUT2D eigenvalue weighted by molar-refractivity contribution is 7.93. The predicted molar refractivity (Wildman–Crippen MR) is 121 cm³/mol. The number of alkyl halides is 1. The van der Waals surface area contributed by atoms with E-state index in [-0.39, 0.29) is 22.1 Å². The van der Waals surface area contributed by atoms with Gasteiger partial charge in [-0.2, -0.15) is 0 Å². The summed E-state index contributed by atoms with van der Waals surface area (Å²) in [4.78, 5) is 14.2. The van der Waals surface area contributed by atoms with Gasteiger partial charge < -0.3 is 5.32 Å². The lowest BCUT2D eigenvalue weighted by atomic mass is 9.87. The fourth-order valence-corrected chi connectivity index (χ4v) is 7.09. The van der Waals surface area contributed by atoms with Crippen molar-refractivity contribution in [3.8, 4) is 0 Å². The van der Waals surface area contributed by atoms with E-state index in [0.29, 0.717) is 31.5 Å². The normalized spacial score (nSPS) is 35.4. The number of nitrogens with zero attached hydrogens (tertiary/aromatic N) is 1. The Morgan fingerprint density at radius 3 is 2.47 bits per heavy atom. The van der Waals surface area contributed by atoms with Crippen molar-refractivity contribution < 1.29 is 26.5 Å². The molecule has 0 saturated carbocycles. The van der Waals surface area contributed by atoms with Gasteiger partial charge in [0.05, 0.1) is 18.6 Å². The molecule has 0 aromatic heterocycles. The Balaban J connectivity index is 1.82. The van der Waals surface area contributed by atoms with E-state index in [1.807, 2.05) is 6.92 Å². The topological polar surface area (TPSA) is 63.2 Å². The van der Waals surface area contributed by atoms with Gasteiger partial charge in [0.2, 0.25) is 0 Å². The molecule has 8 heteroatoms. The number of quaternary nitrogens is 1. The highest BCUT2D eigenvalue weighted by atomic mass is 32.2. The van der Waals surface area contributed by atoms with Gasteiger partial charge in [-0.3, -0.25) is 4.48 Å². The van der Waals surface area contributed by atoms with Crippen LogP contribution in [0.25, 0.3) is 5.57 Å². The minimum atomic E-state index is -4.47. The standard InChI is InChI=1S/C24H31F2N2O3S/c1-17-8-7-13-28(17,16-20-11-6-12-27-20)23(29)24(32(2,30)31)21(25)14-19(15-22(24)26)18-9-4-3-5-10-18/h3-5,9-10,14-15,17,20-21,27H,6-8,11-13,16H2,1-2H3/q+1/t17-,20+,21?,24?,28?/m1/s1. The zero-order chi connectivity index (χ0) is 23.1. The summed E-state index contributed by atoms with van der Waals surface area (Å²) in [6.07, 6.45) is 3.83. The van der Waals surface area contributed by atoms with E-state index in [9.17, 15) is 13.2 Å². The number of hydrogen-bond acceptors (Lipinski definition) is 4. The zero-order valence-electron chi connectivity index (χ0n) is 18.6. The number of allylic oxidation sites excluding steroid dienone is 3. The molecule has 1 aromatic rings. The largest absolute Gasteiger partial charge is 0.345 e. The van der Waals surface area contributed by atoms with Crippen molar-refractivity contribution in [2.24, 2.45) is 0 Å². The maximum atomic E-state index is 15.9. The van der Waals surface area contributed by atoms with Gasteiger partial charge in [-0.1, -0.05) is 30.3 Å². The van der Waals surface area contributed by atoms with E-state index in [4.69, 9.17) is 0 Å². The molecule has 2 aliphatic heterocycles. The smallest absolute Gasteiger partial charge is 0.309 e. The van der Waals surface area contributed by atoms with Crippen molar-refractivity contribution in [2.75, 3.05) is 25.9 Å². The second kappa shape index (κ2) is 8.47. The number of sulfone groups is 1. The van der Waals surface area contributed by atoms with Crippen molar-refractivity contribution >= 4 is 21.3 Å². The van der Waals surface area contributed by atoms with Gasteiger partial charge in [0.1, 0.15) is 12.4 Å². The van der Waals surface area contributed by atoms with Crippen molar-refractivity contribution in [1.29, 1.82) is 0 Å². The van der Waals surface area contributed by atoms with Crippen LogP contribution in [0.5, 0.6) is 0 Å². The first-order chi connectivity index (χ1) is 15.1. The summed E-state index contributed by atoms with van der Waals surface area (Å²) in [5.41, 5.74) is 0.801. The molecule has 2 saturated heterocycles. The molecule has 1 aliphatic carbocycles. The summed E-state index contributed by atoms with van der Waals surface area (Å²) in [6, 6.07) is 8.46. The molecule has 1 amide bonds. The summed E-state index contributed by atoms with van der Waals surface area (Å²) >= 11 is 0. The number of halogens is 2. The fraction of sp³-hybridized carbons (Fsp3) is 0.542. The number of nitrogens with one attached hydrogen (secondary N) is 1. The molecule has 4 rings (SSSR count). The molecule has 1 N–H and O–H groups in total. The Kier molecular flexibility index (Phi) is 6.15. The van der Waals surface area contributed by atoms with E-state index in [1.165, 1.54) is 0 Å². The Morgan fingerprint density at radius 1 is 1.22 bits per heavy atom. The molecule has 174 valence electrons. The second-order valence-corrected chi connectivity index (χ2v) is 11.6. The number of carbonyl (C=O) groups excluding carboxylic acids is 1. The third-order valence-corrected chi connectivity index (χ3v) is 9.26. The van der Waals surface area contributed by atoms with Crippen molar-refractivity contribution in [3.63, 3.8) is 0 Å². The van der Waals surface area contributed by atoms with Crippen molar-refractivity contribution in [3.05, 3.63) is 53.9 Å². The van der Waals surface area contributed by atoms with Crippen LogP contribution in [0.3, 0.4) is 0 Å². The van der Waals surface area contributed by atoms with E-state index in [0.717, 1.165) is 37.8 Å². The maximum Gasteiger partial charge on any atom is 0.345 e. The third kappa shape index (κ3) is 3.56. The number of rotatable bonds is 5. The summed E-state index contributed by atoms with van der Waals surface area (Å²) in [5.74, 6) is -2.10. The van der Waals surface area contributed by atoms with Crippen molar-refractivity contribution in [1.82, 2.24) is 5.32 Å². The monoisotopic (exact) mass is 465 g/mol. The summed E-state index contributed by atoms with van der Waals surface area (Å²) in [7, 11) is -4.47. The lowest BCUT2D eigenvalue weighted by molar-refractivity contribution is -0.866. The van der Waals surface area contributed by atoms with Gasteiger partial charge in [0.25, 0.3) is 4.75 Å². The molecule has 32 heavy (non-hydrogen) atoms. The number of hydrogen-bond donors (Lipinski definition) is 1. The molecule has 3 aliphatic rings. The summed E-state index contributed by atoms with van der Waals surface area (Å²) in [5, 5.41) is 3.36. The quantitative estimate of drug-likeness (QED) is 0.678. The summed E-state index contributed by atoms with van der Waals surface area (Å²) in [6.45, 7) is 3.46. The number of amides is 1. The van der Waals surface area contributed by atoms with Crippen LogP contribution >= 0.6 is 0 Å². The van der Waals surface area contributed by atoms with Crippen LogP contribution in [0, 0.1) is 0 Å². The first kappa shape index (κ1) is 23.3. The SMILES string of the molecule is C[C@@H]1CCC[N+]1(C[C@@H]1CCCN1)C(=O)C1(S(C)(=O)=O)C(F)=CC(c2ccccc2)=CC1F. The van der Waals surface area contributed by atoms with Crippen LogP contribution in [-0.4, -0.2) is 67.7 Å². The Hall–Kier alpha value is -1.90. The minimum absolute atomic E-state index is 0.0280. The average molecular weight is 466 g/mol. The Bertz CT molecular complexity index is 1050. The molecule has 5 nitrogen and oxygen atoms in total. The van der Waals surface area contributed by atoms with Crippen LogP contribution in [-0.2, 0) is 14.6 Å². The van der Waals surface area contributed by atoms with Crippen LogP contribution in [0.4, 0.5) is 8.78 Å². The highest BCUT2D eigenvalue weighted by Crippen LogP contribution is 2.45. The molecule has 2 fully saturated rings. The molecule has 5 atom stereocenters. The number of likely N-dealkylation sites (tertiary alicyclic amines) is 1. The summed E-state index contributed by atoms with van der Waals surface area (Å²) < 4.78 is 54.8. The van der Waals surface area contributed by atoms with Gasteiger partial charge in [0, 0.05) is 19.1 Å². The van der Waals surface area contributed by atoms with E-state index in [2.05, 4.69) is 5.32 Å². The van der Waals surface area contributed by atoms with Gasteiger partial charge in [-0.05, 0) is 49.6 Å². The Morgan fingerprint density at radius 2 is 1.94 bits per heavy atom. The first-order valence-corrected chi connectivity index (χ1v) is 13.2. The minimum Gasteiger partial charge on any atom is -0.309 e. The van der Waals surface area contributed by atoms with Gasteiger partial charge in [-0.25, -0.2) is 22.0 Å².